The van der Waals surface area contributed by atoms with Crippen LogP contribution in [0.4, 0.5) is 11.7 Å². The number of aliphatic hydroxyl groups excluding tert-OH is 1. The lowest BCUT2D eigenvalue weighted by Crippen LogP contribution is -2.05. The van der Waals surface area contributed by atoms with E-state index in [0.717, 1.165) is 16.9 Å². The van der Waals surface area contributed by atoms with Gasteiger partial charge in [-0.15, -0.1) is 0 Å². The summed E-state index contributed by atoms with van der Waals surface area (Å²) in [4.78, 5) is 3.06. The van der Waals surface area contributed by atoms with Crippen molar-refractivity contribution in [2.45, 2.75) is 0 Å². The lowest BCUT2D eigenvalue weighted by atomic mass is 10.5. The Bertz CT molecular complexity index is 373. The van der Waals surface area contributed by atoms with E-state index in [0.29, 0.717) is 12.4 Å². The summed E-state index contributed by atoms with van der Waals surface area (Å²) < 4.78 is 5.17. The molecule has 0 aliphatic carbocycles. The van der Waals surface area contributed by atoms with Crippen molar-refractivity contribution in [3.63, 3.8) is 0 Å². The van der Waals surface area contributed by atoms with Gasteiger partial charge in [-0.3, -0.25) is 0 Å². The molecule has 13 heavy (non-hydrogen) atoms. The molecule has 0 radical (unpaired) electrons. The quantitative estimate of drug-likeness (QED) is 0.562. The molecule has 2 rings (SSSR count). The van der Waals surface area contributed by atoms with Gasteiger partial charge < -0.3 is 25.6 Å². The maximum Gasteiger partial charge on any atom is 0.193 e. The predicted molar refractivity (Wildman–Crippen MR) is 50.6 cm³/mol. The van der Waals surface area contributed by atoms with E-state index in [1.54, 1.807) is 12.1 Å². The monoisotopic (exact) mass is 181 g/mol. The zero-order valence-electron chi connectivity index (χ0n) is 7.00. The summed E-state index contributed by atoms with van der Waals surface area (Å²) in [5.74, 6) is 1.22. The number of H-pyrrole nitrogens is 1. The van der Waals surface area contributed by atoms with E-state index >= 15 is 0 Å². The van der Waals surface area contributed by atoms with Crippen LogP contribution in [-0.4, -0.2) is 23.2 Å². The molecule has 2 heterocycles. The molecule has 0 spiro atoms. The van der Waals surface area contributed by atoms with Gasteiger partial charge in [-0.05, 0) is 0 Å². The van der Waals surface area contributed by atoms with E-state index in [9.17, 15) is 0 Å². The molecule has 0 aromatic carbocycles. The minimum Gasteiger partial charge on any atom is -0.439 e. The number of nitrogens with one attached hydrogen (secondary N) is 2. The Morgan fingerprint density at radius 1 is 1.54 bits per heavy atom. The molecule has 0 atom stereocenters. The first-order valence-electron chi connectivity index (χ1n) is 4.02. The number of anilines is 2. The highest BCUT2D eigenvalue weighted by molar-refractivity contribution is 5.81. The van der Waals surface area contributed by atoms with Crippen LogP contribution in [0.15, 0.2) is 16.5 Å². The van der Waals surface area contributed by atoms with Crippen LogP contribution in [0, 0.1) is 0 Å². The van der Waals surface area contributed by atoms with E-state index in [2.05, 4.69) is 10.3 Å². The average molecular weight is 181 g/mol. The molecule has 70 valence electrons. The number of aliphatic hydroxyl groups is 1. The van der Waals surface area contributed by atoms with Crippen LogP contribution in [0.25, 0.3) is 11.1 Å². The lowest BCUT2D eigenvalue weighted by molar-refractivity contribution is 0.311. The number of aromatic nitrogens is 1. The van der Waals surface area contributed by atoms with E-state index in [1.165, 1.54) is 0 Å². The number of nitrogens with two attached hydrogens (primary N) is 1. The summed E-state index contributed by atoms with van der Waals surface area (Å²) in [7, 11) is 0. The van der Waals surface area contributed by atoms with Crippen LogP contribution in [0.2, 0.25) is 0 Å². The number of fused-ring (bicyclic) bond motifs is 1. The summed E-state index contributed by atoms with van der Waals surface area (Å²) in [5, 5.41) is 11.6. The minimum absolute atomic E-state index is 0.0997. The molecule has 0 saturated heterocycles. The first-order chi connectivity index (χ1) is 6.29. The summed E-state index contributed by atoms with van der Waals surface area (Å²) in [6.07, 6.45) is 0. The first kappa shape index (κ1) is 8.00. The van der Waals surface area contributed by atoms with Crippen molar-refractivity contribution < 1.29 is 9.52 Å². The molecule has 0 saturated carbocycles. The second kappa shape index (κ2) is 3.02. The Hall–Kier alpha value is -1.62. The highest BCUT2D eigenvalue weighted by Gasteiger charge is 2.04. The normalized spacial score (nSPS) is 10.8. The summed E-state index contributed by atoms with van der Waals surface area (Å²) in [5.41, 5.74) is 7.02. The van der Waals surface area contributed by atoms with Gasteiger partial charge in [-0.1, -0.05) is 0 Å². The summed E-state index contributed by atoms with van der Waals surface area (Å²) in [6, 6.07) is 3.53. The van der Waals surface area contributed by atoms with E-state index in [4.69, 9.17) is 15.3 Å². The number of hydrogen-bond donors (Lipinski definition) is 4. The minimum atomic E-state index is 0.0997. The predicted octanol–water partition coefficient (Wildman–Crippen LogP) is 0.747. The van der Waals surface area contributed by atoms with Gasteiger partial charge in [0.25, 0.3) is 0 Å². The Morgan fingerprint density at radius 3 is 3.08 bits per heavy atom. The van der Waals surface area contributed by atoms with Gasteiger partial charge in [0.15, 0.2) is 11.5 Å². The number of hydrogen-bond acceptors (Lipinski definition) is 4. The van der Waals surface area contributed by atoms with Crippen molar-refractivity contribution in [3.8, 4) is 0 Å². The molecule has 5 N–H and O–H groups in total. The molecular formula is C8H11N3O2. The van der Waals surface area contributed by atoms with Gasteiger partial charge in [-0.25, -0.2) is 0 Å². The maximum absolute atomic E-state index is 8.58. The van der Waals surface area contributed by atoms with Crippen molar-refractivity contribution in [1.82, 2.24) is 4.98 Å². The van der Waals surface area contributed by atoms with Crippen LogP contribution < -0.4 is 11.1 Å². The number of nitrogen functional groups attached to an aromatic ring is 1. The molecule has 0 amide bonds. The molecule has 0 fully saturated rings. The fraction of sp³-hybridized carbons (Fsp3) is 0.250. The largest absolute Gasteiger partial charge is 0.439 e. The fourth-order valence-electron chi connectivity index (χ4n) is 1.23. The Balaban J connectivity index is 2.24. The molecular weight excluding hydrogens is 170 g/mol. The van der Waals surface area contributed by atoms with Crippen molar-refractivity contribution in [2.75, 3.05) is 24.2 Å². The molecule has 5 heteroatoms. The standard InChI is InChI=1S/C8H11N3O2/c9-7-3-5-6(13-7)4-8(11-5)10-1-2-12/h3-4,10-12H,1-2,9H2. The van der Waals surface area contributed by atoms with Gasteiger partial charge in [0.05, 0.1) is 12.1 Å². The number of furan rings is 1. The zero-order valence-corrected chi connectivity index (χ0v) is 7.00. The second-order valence-corrected chi connectivity index (χ2v) is 2.76. The molecule has 0 bridgehead atoms. The molecule has 0 aliphatic rings. The van der Waals surface area contributed by atoms with Crippen LogP contribution in [0.5, 0.6) is 0 Å². The summed E-state index contributed by atoms with van der Waals surface area (Å²) >= 11 is 0. The van der Waals surface area contributed by atoms with E-state index in [-0.39, 0.29) is 6.61 Å². The lowest BCUT2D eigenvalue weighted by Gasteiger charge is -1.98. The summed E-state index contributed by atoms with van der Waals surface area (Å²) in [6.45, 7) is 0.612. The Morgan fingerprint density at radius 2 is 2.38 bits per heavy atom. The van der Waals surface area contributed by atoms with Gasteiger partial charge in [0.1, 0.15) is 5.82 Å². The third kappa shape index (κ3) is 1.46. The van der Waals surface area contributed by atoms with Crippen molar-refractivity contribution in [1.29, 1.82) is 0 Å². The van der Waals surface area contributed by atoms with E-state index < -0.39 is 0 Å². The Kier molecular flexibility index (Phi) is 1.86. The topological polar surface area (TPSA) is 87.2 Å². The van der Waals surface area contributed by atoms with E-state index in [1.807, 2.05) is 0 Å². The van der Waals surface area contributed by atoms with Crippen LogP contribution >= 0.6 is 0 Å². The molecule has 0 unspecified atom stereocenters. The highest BCUT2D eigenvalue weighted by atomic mass is 16.3. The van der Waals surface area contributed by atoms with Gasteiger partial charge in [-0.2, -0.15) is 0 Å². The number of aromatic amines is 1. The van der Waals surface area contributed by atoms with Crippen LogP contribution in [-0.2, 0) is 0 Å². The molecule has 2 aromatic rings. The molecule has 0 aliphatic heterocycles. The Labute approximate surface area is 74.5 Å². The second-order valence-electron chi connectivity index (χ2n) is 2.76. The SMILES string of the molecule is Nc1cc2[nH]c(NCCO)cc2o1. The fourth-order valence-corrected chi connectivity index (χ4v) is 1.23. The van der Waals surface area contributed by atoms with Crippen LogP contribution in [0.1, 0.15) is 0 Å². The van der Waals surface area contributed by atoms with Gasteiger partial charge in [0.2, 0.25) is 0 Å². The molecule has 5 nitrogen and oxygen atoms in total. The smallest absolute Gasteiger partial charge is 0.193 e. The van der Waals surface area contributed by atoms with Crippen molar-refractivity contribution in [3.05, 3.63) is 12.1 Å². The number of rotatable bonds is 3. The van der Waals surface area contributed by atoms with Crippen molar-refractivity contribution in [2.24, 2.45) is 0 Å². The average Bonchev–Trinajstić information content (AvgIpc) is 2.57. The van der Waals surface area contributed by atoms with Gasteiger partial charge in [0, 0.05) is 18.7 Å². The zero-order chi connectivity index (χ0) is 9.26. The first-order valence-corrected chi connectivity index (χ1v) is 4.02. The third-order valence-electron chi connectivity index (χ3n) is 1.75. The third-order valence-corrected chi connectivity index (χ3v) is 1.75. The van der Waals surface area contributed by atoms with Gasteiger partial charge >= 0.3 is 0 Å². The highest BCUT2D eigenvalue weighted by Crippen LogP contribution is 2.23. The molecule has 2 aromatic heterocycles. The maximum atomic E-state index is 8.58. The van der Waals surface area contributed by atoms with Crippen LogP contribution in [0.3, 0.4) is 0 Å². The van der Waals surface area contributed by atoms with Crippen molar-refractivity contribution >= 4 is 22.8 Å².